The molecule has 8 nitrogen and oxygen atoms in total. The minimum Gasteiger partial charge on any atom is -0.497 e. The van der Waals surface area contributed by atoms with E-state index in [1.807, 2.05) is 28.0 Å². The Bertz CT molecular complexity index is 1610. The number of allylic oxidation sites excluding steroid dienone is 1. The number of aryl methyl sites for hydroxylation is 1. The van der Waals surface area contributed by atoms with Crippen LogP contribution in [0.1, 0.15) is 53.2 Å². The van der Waals surface area contributed by atoms with Crippen LogP contribution in [0.4, 0.5) is 4.39 Å². The van der Waals surface area contributed by atoms with Crippen LogP contribution in [0.3, 0.4) is 0 Å². The summed E-state index contributed by atoms with van der Waals surface area (Å²) in [7, 11) is 1.59. The highest BCUT2D eigenvalue weighted by atomic mass is 35.5. The molecule has 2 amide bonds. The summed E-state index contributed by atoms with van der Waals surface area (Å²) >= 11 is 6.40. The lowest BCUT2D eigenvalue weighted by Crippen LogP contribution is -2.52. The molecule has 3 aliphatic carbocycles. The Morgan fingerprint density at radius 3 is 2.60 bits per heavy atom. The van der Waals surface area contributed by atoms with Gasteiger partial charge in [0.2, 0.25) is 0 Å². The van der Waals surface area contributed by atoms with Gasteiger partial charge in [-0.1, -0.05) is 54.4 Å². The van der Waals surface area contributed by atoms with E-state index in [-0.39, 0.29) is 39.1 Å². The second kappa shape index (κ2) is 12.6. The van der Waals surface area contributed by atoms with E-state index >= 15 is 0 Å². The summed E-state index contributed by atoms with van der Waals surface area (Å²) in [6, 6.07) is 11.6. The van der Waals surface area contributed by atoms with Crippen LogP contribution in [0, 0.1) is 30.0 Å². The fourth-order valence-electron chi connectivity index (χ4n) is 7.18. The lowest BCUT2D eigenvalue weighted by atomic mass is 9.49. The highest BCUT2D eigenvalue weighted by Gasteiger charge is 2.51. The third kappa shape index (κ3) is 6.00. The van der Waals surface area contributed by atoms with Crippen LogP contribution in [0.2, 0.25) is 5.02 Å². The first-order valence-electron chi connectivity index (χ1n) is 15.6. The summed E-state index contributed by atoms with van der Waals surface area (Å²) in [5, 5.41) is 4.27. The molecular formula is C35H40ClFN4O4. The molecule has 2 fully saturated rings. The molecule has 45 heavy (non-hydrogen) atoms. The Morgan fingerprint density at radius 1 is 1.16 bits per heavy atom. The summed E-state index contributed by atoms with van der Waals surface area (Å²) < 4.78 is 25.7. The van der Waals surface area contributed by atoms with Gasteiger partial charge in [0, 0.05) is 51.4 Å². The number of benzene rings is 2. The molecule has 10 heteroatoms. The largest absolute Gasteiger partial charge is 0.497 e. The third-order valence-electron chi connectivity index (χ3n) is 10.2. The Hall–Kier alpha value is -3.69. The molecule has 0 radical (unpaired) electrons. The Balaban J connectivity index is 1.19. The van der Waals surface area contributed by atoms with Crippen molar-refractivity contribution >= 4 is 23.4 Å². The zero-order chi connectivity index (χ0) is 31.9. The fourth-order valence-corrected chi connectivity index (χ4v) is 7.43. The highest BCUT2D eigenvalue weighted by Crippen LogP contribution is 2.59. The standard InChI is InChI=1S/C35H40ClFN4O4/c1-22-30(32(38-45-22)31-28(36)9-6-10-29(31)37)34(43)41(21-24-11-12-25-20-27(24)35(25,2)3)18-15-39-13-16-40(17-14-39)33(42)23-7-5-8-26(19-23)44-4/h5-11,19,25,27H,12-18,20-21H2,1-4H3. The molecule has 3 aromatic rings. The Morgan fingerprint density at radius 2 is 1.91 bits per heavy atom. The van der Waals surface area contributed by atoms with Crippen molar-refractivity contribution in [2.75, 3.05) is 52.9 Å². The van der Waals surface area contributed by atoms with Gasteiger partial charge in [0.25, 0.3) is 11.8 Å². The number of fused-ring (bicyclic) bond motifs is 1. The molecule has 1 aliphatic heterocycles. The molecule has 1 aromatic heterocycles. The monoisotopic (exact) mass is 634 g/mol. The maximum Gasteiger partial charge on any atom is 0.260 e. The predicted octanol–water partition coefficient (Wildman–Crippen LogP) is 6.34. The second-order valence-electron chi connectivity index (χ2n) is 13.0. The van der Waals surface area contributed by atoms with Gasteiger partial charge in [0.15, 0.2) is 0 Å². The predicted molar refractivity (Wildman–Crippen MR) is 171 cm³/mol. The fraction of sp³-hybridized carbons (Fsp3) is 0.457. The van der Waals surface area contributed by atoms with E-state index in [0.29, 0.717) is 74.7 Å². The summed E-state index contributed by atoms with van der Waals surface area (Å²) in [5.41, 5.74) is 2.52. The number of ether oxygens (including phenoxy) is 1. The minimum atomic E-state index is -0.560. The summed E-state index contributed by atoms with van der Waals surface area (Å²) in [4.78, 5) is 33.5. The van der Waals surface area contributed by atoms with Gasteiger partial charge in [0.1, 0.15) is 28.6 Å². The Kier molecular flexibility index (Phi) is 8.76. The van der Waals surface area contributed by atoms with E-state index in [4.69, 9.17) is 20.9 Å². The minimum absolute atomic E-state index is 0.0155. The molecule has 7 rings (SSSR count). The average Bonchev–Trinajstić information content (AvgIpc) is 3.42. The molecule has 0 N–H and O–H groups in total. The number of hydrogen-bond acceptors (Lipinski definition) is 6. The number of carbonyl (C=O) groups is 2. The van der Waals surface area contributed by atoms with Crippen LogP contribution in [0.25, 0.3) is 11.3 Å². The van der Waals surface area contributed by atoms with Gasteiger partial charge in [-0.25, -0.2) is 4.39 Å². The molecule has 1 saturated carbocycles. The van der Waals surface area contributed by atoms with Gasteiger partial charge in [-0.3, -0.25) is 14.5 Å². The van der Waals surface area contributed by atoms with E-state index in [1.54, 1.807) is 26.2 Å². The van der Waals surface area contributed by atoms with Crippen LogP contribution in [0.5, 0.6) is 5.75 Å². The van der Waals surface area contributed by atoms with Crippen molar-refractivity contribution in [1.29, 1.82) is 0 Å². The van der Waals surface area contributed by atoms with Gasteiger partial charge in [-0.05, 0) is 67.3 Å². The number of hydrogen-bond donors (Lipinski definition) is 0. The molecule has 2 aromatic carbocycles. The van der Waals surface area contributed by atoms with Gasteiger partial charge in [-0.2, -0.15) is 0 Å². The number of amides is 2. The zero-order valence-corrected chi connectivity index (χ0v) is 27.1. The molecular weight excluding hydrogens is 595 g/mol. The number of aromatic nitrogens is 1. The number of piperazine rings is 1. The number of nitrogens with zero attached hydrogens (tertiary/aromatic N) is 4. The number of halogens is 2. The SMILES string of the molecule is COc1cccc(C(=O)N2CCN(CCN(CC3=CCC4CC3C4(C)C)C(=O)c3c(-c4c(F)cccc4Cl)noc3C)CC2)c1. The van der Waals surface area contributed by atoms with Gasteiger partial charge >= 0.3 is 0 Å². The smallest absolute Gasteiger partial charge is 0.260 e. The Labute approximate surface area is 268 Å². The second-order valence-corrected chi connectivity index (χ2v) is 13.4. The number of rotatable bonds is 9. The van der Waals surface area contributed by atoms with Crippen molar-refractivity contribution in [2.45, 2.75) is 33.6 Å². The maximum absolute atomic E-state index is 15.0. The van der Waals surface area contributed by atoms with E-state index in [1.165, 1.54) is 17.7 Å². The van der Waals surface area contributed by atoms with Crippen molar-refractivity contribution in [3.05, 3.63) is 81.8 Å². The van der Waals surface area contributed by atoms with E-state index in [2.05, 4.69) is 30.0 Å². The van der Waals surface area contributed by atoms with Crippen LogP contribution in [-0.4, -0.2) is 84.6 Å². The van der Waals surface area contributed by atoms with Crippen molar-refractivity contribution < 1.29 is 23.2 Å². The zero-order valence-electron chi connectivity index (χ0n) is 26.3. The molecule has 2 bridgehead atoms. The number of methoxy groups -OCH3 is 1. The molecule has 2 atom stereocenters. The van der Waals surface area contributed by atoms with Crippen molar-refractivity contribution in [2.24, 2.45) is 17.3 Å². The first-order chi connectivity index (χ1) is 21.6. The normalized spacial score (nSPS) is 20.8. The topological polar surface area (TPSA) is 79.1 Å². The molecule has 4 aliphatic rings. The van der Waals surface area contributed by atoms with E-state index < -0.39 is 5.82 Å². The van der Waals surface area contributed by atoms with Crippen LogP contribution in [-0.2, 0) is 0 Å². The molecule has 2 heterocycles. The average molecular weight is 635 g/mol. The van der Waals surface area contributed by atoms with Crippen molar-refractivity contribution in [3.63, 3.8) is 0 Å². The number of carbonyl (C=O) groups excluding carboxylic acids is 2. The lowest BCUT2D eigenvalue weighted by Gasteiger charge is -2.57. The summed E-state index contributed by atoms with van der Waals surface area (Å²) in [6.45, 7) is 10.5. The van der Waals surface area contributed by atoms with Crippen molar-refractivity contribution in [1.82, 2.24) is 19.9 Å². The van der Waals surface area contributed by atoms with Gasteiger partial charge in [-0.15, -0.1) is 0 Å². The lowest BCUT2D eigenvalue weighted by molar-refractivity contribution is -0.0105. The van der Waals surface area contributed by atoms with Crippen molar-refractivity contribution in [3.8, 4) is 17.0 Å². The first kappa shape index (κ1) is 31.3. The summed E-state index contributed by atoms with van der Waals surface area (Å²) in [6.07, 6.45) is 4.47. The molecule has 0 spiro atoms. The van der Waals surface area contributed by atoms with Gasteiger partial charge < -0.3 is 19.1 Å². The van der Waals surface area contributed by atoms with E-state index in [0.717, 1.165) is 12.8 Å². The molecule has 1 saturated heterocycles. The summed E-state index contributed by atoms with van der Waals surface area (Å²) in [5.74, 6) is 1.26. The van der Waals surface area contributed by atoms with Crippen LogP contribution < -0.4 is 4.74 Å². The first-order valence-corrected chi connectivity index (χ1v) is 16.0. The van der Waals surface area contributed by atoms with Crippen LogP contribution in [0.15, 0.2) is 58.6 Å². The maximum atomic E-state index is 15.0. The van der Waals surface area contributed by atoms with Gasteiger partial charge in [0.05, 0.1) is 17.7 Å². The van der Waals surface area contributed by atoms with E-state index in [9.17, 15) is 14.0 Å². The molecule has 238 valence electrons. The highest BCUT2D eigenvalue weighted by molar-refractivity contribution is 6.33. The quantitative estimate of drug-likeness (QED) is 0.256. The van der Waals surface area contributed by atoms with Crippen LogP contribution >= 0.6 is 11.6 Å². The third-order valence-corrected chi connectivity index (χ3v) is 10.5. The molecule has 2 unspecified atom stereocenters.